The second kappa shape index (κ2) is 11.9. The van der Waals surface area contributed by atoms with Crippen molar-refractivity contribution in [2.24, 2.45) is 11.7 Å². The van der Waals surface area contributed by atoms with E-state index in [0.29, 0.717) is 62.9 Å². The summed E-state index contributed by atoms with van der Waals surface area (Å²) in [4.78, 5) is 23.0. The first-order valence-electron chi connectivity index (χ1n) is 13.0. The van der Waals surface area contributed by atoms with E-state index in [1.807, 2.05) is 33.0 Å². The van der Waals surface area contributed by atoms with E-state index in [4.69, 9.17) is 54.5 Å². The predicted molar refractivity (Wildman–Crippen MR) is 157 cm³/mol. The summed E-state index contributed by atoms with van der Waals surface area (Å²) in [5, 5.41) is 5.21. The summed E-state index contributed by atoms with van der Waals surface area (Å²) in [6, 6.07) is 4.72. The zero-order valence-electron chi connectivity index (χ0n) is 22.7. The minimum Gasteiger partial charge on any atom is -0.487 e. The molecule has 1 amide bonds. The number of carbonyl (C=O) groups excluding carboxylic acids is 1. The van der Waals surface area contributed by atoms with Crippen molar-refractivity contribution >= 4 is 46.4 Å². The molecule has 0 radical (unpaired) electrons. The largest absolute Gasteiger partial charge is 0.487 e. The van der Waals surface area contributed by atoms with Gasteiger partial charge in [-0.2, -0.15) is 4.98 Å². The van der Waals surface area contributed by atoms with Gasteiger partial charge in [0.2, 0.25) is 11.7 Å². The van der Waals surface area contributed by atoms with Gasteiger partial charge in [0.1, 0.15) is 23.3 Å². The number of nitrogens with two attached hydrogens (primary N) is 1. The molecule has 2 atom stereocenters. The fourth-order valence-electron chi connectivity index (χ4n) is 4.43. The van der Waals surface area contributed by atoms with Crippen LogP contribution in [0, 0.1) is 12.8 Å². The molecule has 13 heteroatoms. The van der Waals surface area contributed by atoms with Gasteiger partial charge in [-0.15, -0.1) is 0 Å². The number of pyridine rings is 1. The number of benzene rings is 1. The van der Waals surface area contributed by atoms with Gasteiger partial charge in [-0.25, -0.2) is 4.98 Å². The number of rotatable bonds is 9. The zero-order chi connectivity index (χ0) is 29.4. The van der Waals surface area contributed by atoms with Crippen LogP contribution in [0.25, 0.3) is 28.6 Å². The highest BCUT2D eigenvalue weighted by Gasteiger charge is 2.29. The quantitative estimate of drug-likeness (QED) is 0.221. The number of hydrogen-bond acceptors (Lipinski definition) is 8. The SMILES string of the molecule is C=C(OCN1CC(Oc2cc(Cl)c(-c3noc(-c4cn5cc(C)cc(Cl)c5n4)n3)cc2Cl)CCC1=O)C(N)C(C)C. The monoisotopic (exact) mass is 618 g/mol. The van der Waals surface area contributed by atoms with Crippen LogP contribution in [0.4, 0.5) is 0 Å². The van der Waals surface area contributed by atoms with E-state index in [-0.39, 0.29) is 42.4 Å². The molecule has 2 unspecified atom stereocenters. The molecule has 216 valence electrons. The van der Waals surface area contributed by atoms with Crippen LogP contribution in [0.1, 0.15) is 32.3 Å². The summed E-state index contributed by atoms with van der Waals surface area (Å²) in [6.45, 7) is 10.1. The fourth-order valence-corrected chi connectivity index (χ4v) is 5.19. The Morgan fingerprint density at radius 3 is 2.71 bits per heavy atom. The Morgan fingerprint density at radius 2 is 1.95 bits per heavy atom. The van der Waals surface area contributed by atoms with E-state index in [0.717, 1.165) is 5.56 Å². The molecule has 1 fully saturated rings. The van der Waals surface area contributed by atoms with E-state index in [2.05, 4.69) is 21.7 Å². The van der Waals surface area contributed by atoms with Gasteiger partial charge in [-0.05, 0) is 37.0 Å². The summed E-state index contributed by atoms with van der Waals surface area (Å²) in [5.74, 6) is 1.39. The van der Waals surface area contributed by atoms with Gasteiger partial charge in [0.25, 0.3) is 5.89 Å². The van der Waals surface area contributed by atoms with E-state index in [1.165, 1.54) is 0 Å². The normalized spacial score (nSPS) is 16.4. The van der Waals surface area contributed by atoms with Gasteiger partial charge in [-0.3, -0.25) is 4.79 Å². The maximum Gasteiger partial charge on any atom is 0.278 e. The van der Waals surface area contributed by atoms with Crippen molar-refractivity contribution in [3.05, 3.63) is 63.6 Å². The first-order valence-corrected chi connectivity index (χ1v) is 14.1. The summed E-state index contributed by atoms with van der Waals surface area (Å²) < 4.78 is 19.1. The predicted octanol–water partition coefficient (Wildman–Crippen LogP) is 6.16. The molecular weight excluding hydrogens is 591 g/mol. The smallest absolute Gasteiger partial charge is 0.278 e. The van der Waals surface area contributed by atoms with Crippen LogP contribution in [0.15, 0.2) is 47.5 Å². The van der Waals surface area contributed by atoms with Crippen LogP contribution in [0.5, 0.6) is 5.75 Å². The van der Waals surface area contributed by atoms with Crippen LogP contribution in [-0.4, -0.2) is 55.8 Å². The summed E-state index contributed by atoms with van der Waals surface area (Å²) in [5.41, 5.74) is 8.57. The number of fused-ring (bicyclic) bond motifs is 1. The molecule has 4 heterocycles. The van der Waals surface area contributed by atoms with Crippen LogP contribution < -0.4 is 10.5 Å². The number of carbonyl (C=O) groups is 1. The average Bonchev–Trinajstić information content (AvgIpc) is 3.58. The molecule has 1 aromatic carbocycles. The molecule has 1 aliphatic rings. The number of likely N-dealkylation sites (tertiary alicyclic amines) is 1. The number of imidazole rings is 1. The highest BCUT2D eigenvalue weighted by atomic mass is 35.5. The van der Waals surface area contributed by atoms with Gasteiger partial charge in [0, 0.05) is 30.4 Å². The number of hydrogen-bond donors (Lipinski definition) is 1. The molecule has 3 aromatic heterocycles. The number of aromatic nitrogens is 4. The lowest BCUT2D eigenvalue weighted by atomic mass is 10.0. The average molecular weight is 620 g/mol. The Bertz CT molecular complexity index is 1620. The summed E-state index contributed by atoms with van der Waals surface area (Å²) in [6.07, 6.45) is 4.17. The highest BCUT2D eigenvalue weighted by molar-refractivity contribution is 6.36. The van der Waals surface area contributed by atoms with Crippen molar-refractivity contribution < 1.29 is 18.8 Å². The van der Waals surface area contributed by atoms with Crippen LogP contribution >= 0.6 is 34.8 Å². The molecule has 0 saturated carbocycles. The van der Waals surface area contributed by atoms with Crippen LogP contribution in [-0.2, 0) is 9.53 Å². The Labute approximate surface area is 252 Å². The lowest BCUT2D eigenvalue weighted by molar-refractivity contribution is -0.141. The molecule has 2 N–H and O–H groups in total. The van der Waals surface area contributed by atoms with E-state index in [9.17, 15) is 4.79 Å². The molecule has 10 nitrogen and oxygen atoms in total. The van der Waals surface area contributed by atoms with Crippen molar-refractivity contribution in [1.29, 1.82) is 0 Å². The number of ether oxygens (including phenoxy) is 2. The fraction of sp³-hybridized carbons (Fsp3) is 0.357. The number of halogens is 3. The maximum atomic E-state index is 12.5. The number of nitrogens with zero attached hydrogens (tertiary/aromatic N) is 5. The van der Waals surface area contributed by atoms with Gasteiger partial charge >= 0.3 is 0 Å². The van der Waals surface area contributed by atoms with Crippen LogP contribution in [0.3, 0.4) is 0 Å². The van der Waals surface area contributed by atoms with Crippen molar-refractivity contribution in [3.63, 3.8) is 0 Å². The first kappa shape index (κ1) is 29.2. The van der Waals surface area contributed by atoms with Crippen molar-refractivity contribution in [1.82, 2.24) is 24.4 Å². The number of piperidine rings is 1. The Morgan fingerprint density at radius 1 is 1.17 bits per heavy atom. The lowest BCUT2D eigenvalue weighted by Gasteiger charge is -2.33. The third kappa shape index (κ3) is 6.30. The van der Waals surface area contributed by atoms with Gasteiger partial charge < -0.3 is 29.0 Å². The second-order valence-electron chi connectivity index (χ2n) is 10.3. The standard InChI is InChI=1S/C28H29Cl3N6O4/c1-14(2)25(32)16(4)39-13-37-11-17(5-6-24(37)38)40-23-9-19(29)18(8-20(23)30)26-34-28(41-35-26)22-12-36-10-15(3)7-21(31)27(36)33-22/h7-10,12,14,17,25H,4-6,11,13,32H2,1-3H3. The second-order valence-corrected chi connectivity index (χ2v) is 11.5. The third-order valence-electron chi connectivity index (χ3n) is 6.80. The third-order valence-corrected chi connectivity index (χ3v) is 7.68. The van der Waals surface area contributed by atoms with Gasteiger partial charge in [-0.1, -0.05) is 60.4 Å². The minimum absolute atomic E-state index is 0.0360. The van der Waals surface area contributed by atoms with E-state index < -0.39 is 0 Å². The summed E-state index contributed by atoms with van der Waals surface area (Å²) >= 11 is 19.5. The number of amides is 1. The minimum atomic E-state index is -0.320. The first-order chi connectivity index (χ1) is 19.5. The Kier molecular flexibility index (Phi) is 8.47. The molecule has 1 saturated heterocycles. The molecule has 0 spiro atoms. The van der Waals surface area contributed by atoms with Gasteiger partial charge in [0.15, 0.2) is 12.4 Å². The summed E-state index contributed by atoms with van der Waals surface area (Å²) in [7, 11) is 0. The molecule has 0 bridgehead atoms. The van der Waals surface area contributed by atoms with Crippen molar-refractivity contribution in [2.75, 3.05) is 13.3 Å². The van der Waals surface area contributed by atoms with Crippen molar-refractivity contribution in [3.8, 4) is 28.7 Å². The van der Waals surface area contributed by atoms with Gasteiger partial charge in [0.05, 0.1) is 27.7 Å². The molecule has 41 heavy (non-hydrogen) atoms. The Balaban J connectivity index is 1.28. The topological polar surface area (TPSA) is 121 Å². The molecule has 5 rings (SSSR count). The van der Waals surface area contributed by atoms with Crippen LogP contribution in [0.2, 0.25) is 15.1 Å². The molecular formula is C28H29Cl3N6O4. The van der Waals surface area contributed by atoms with Crippen molar-refractivity contribution in [2.45, 2.75) is 45.8 Å². The molecule has 4 aromatic rings. The Hall–Kier alpha value is -3.31. The zero-order valence-corrected chi connectivity index (χ0v) is 25.0. The van der Waals surface area contributed by atoms with E-state index >= 15 is 0 Å². The lowest BCUT2D eigenvalue weighted by Crippen LogP contribution is -2.46. The van der Waals surface area contributed by atoms with E-state index in [1.54, 1.807) is 27.6 Å². The molecule has 1 aliphatic heterocycles. The molecule has 0 aliphatic carbocycles. The highest BCUT2D eigenvalue weighted by Crippen LogP contribution is 2.37. The number of aryl methyl sites for hydroxylation is 1. The maximum absolute atomic E-state index is 12.5.